The number of carbonyl (C=O) groups excluding carboxylic acids is 1. The number of esters is 1. The molecule has 1 heterocycles. The van der Waals surface area contributed by atoms with E-state index in [-0.39, 0.29) is 19.2 Å². The molecule has 2 rings (SSSR count). The number of rotatable bonds is 1. The minimum absolute atomic E-state index is 0.123. The van der Waals surface area contributed by atoms with Crippen molar-refractivity contribution in [1.82, 2.24) is 0 Å². The van der Waals surface area contributed by atoms with Gasteiger partial charge in [0, 0.05) is 12.8 Å². The van der Waals surface area contributed by atoms with Crippen LogP contribution < -0.4 is 0 Å². The molecule has 0 aromatic rings. The maximum Gasteiger partial charge on any atom is 0.313 e. The zero-order chi connectivity index (χ0) is 12.8. The maximum absolute atomic E-state index is 11.4. The van der Waals surface area contributed by atoms with Gasteiger partial charge in [-0.05, 0) is 12.8 Å². The molecule has 2 fully saturated rings. The Bertz CT molecular complexity index is 260. The van der Waals surface area contributed by atoms with Crippen molar-refractivity contribution in [1.29, 1.82) is 0 Å². The van der Waals surface area contributed by atoms with E-state index in [1.165, 1.54) is 20.0 Å². The van der Waals surface area contributed by atoms with Gasteiger partial charge in [0.2, 0.25) is 5.79 Å². The Morgan fingerprint density at radius 3 is 2.11 bits per heavy atom. The molecule has 0 atom stereocenters. The maximum atomic E-state index is 11.4. The number of methoxy groups -OCH3 is 1. The van der Waals surface area contributed by atoms with Crippen LogP contribution in [0.5, 0.6) is 0 Å². The molecular weight excluding hydrogens is 240 g/mol. The highest BCUT2D eigenvalue weighted by Crippen LogP contribution is 2.33. The molecule has 1 saturated carbocycles. The van der Waals surface area contributed by atoms with Crippen LogP contribution in [0.3, 0.4) is 0 Å². The first-order valence-corrected chi connectivity index (χ1v) is 6.45. The van der Waals surface area contributed by atoms with Gasteiger partial charge in [0.25, 0.3) is 0 Å². The minimum atomic E-state index is -0.808. The predicted molar refractivity (Wildman–Crippen MR) is 60.0 cm³/mol. The number of hydrogen-bond donors (Lipinski definition) is 0. The van der Waals surface area contributed by atoms with Crippen molar-refractivity contribution in [3.63, 3.8) is 0 Å². The lowest BCUT2D eigenvalue weighted by Crippen LogP contribution is -2.40. The Morgan fingerprint density at radius 2 is 1.61 bits per heavy atom. The lowest BCUT2D eigenvalue weighted by molar-refractivity contribution is -0.529. The topological polar surface area (TPSA) is 63.2 Å². The van der Waals surface area contributed by atoms with Gasteiger partial charge in [0.05, 0.1) is 20.3 Å². The second-order valence-corrected chi connectivity index (χ2v) is 4.78. The van der Waals surface area contributed by atoms with Gasteiger partial charge < -0.3 is 4.74 Å². The van der Waals surface area contributed by atoms with E-state index in [1.807, 2.05) is 0 Å². The Kier molecular flexibility index (Phi) is 4.94. The van der Waals surface area contributed by atoms with E-state index in [0.717, 1.165) is 25.7 Å². The molecular formula is C12H20O6. The van der Waals surface area contributed by atoms with Crippen LogP contribution in [0.25, 0.3) is 0 Å². The Labute approximate surface area is 106 Å². The Morgan fingerprint density at radius 1 is 1.06 bits per heavy atom. The summed E-state index contributed by atoms with van der Waals surface area (Å²) in [5.41, 5.74) is 0. The second kappa shape index (κ2) is 6.47. The monoisotopic (exact) mass is 260 g/mol. The van der Waals surface area contributed by atoms with E-state index >= 15 is 0 Å². The molecule has 104 valence electrons. The van der Waals surface area contributed by atoms with E-state index < -0.39 is 11.7 Å². The average molecular weight is 260 g/mol. The molecule has 0 N–H and O–H groups in total. The molecule has 1 spiro atoms. The predicted octanol–water partition coefficient (Wildman–Crippen LogP) is 1.74. The van der Waals surface area contributed by atoms with Crippen molar-refractivity contribution in [3.8, 4) is 0 Å². The van der Waals surface area contributed by atoms with Gasteiger partial charge in [-0.15, -0.1) is 0 Å². The van der Waals surface area contributed by atoms with Crippen LogP contribution in [-0.4, -0.2) is 32.1 Å². The summed E-state index contributed by atoms with van der Waals surface area (Å²) in [6.45, 7) is 0.246. The molecule has 0 unspecified atom stereocenters. The van der Waals surface area contributed by atoms with Crippen LogP contribution in [0, 0.1) is 5.92 Å². The molecule has 1 aliphatic heterocycles. The summed E-state index contributed by atoms with van der Waals surface area (Å²) in [7, 11) is 1.33. The first kappa shape index (κ1) is 13.7. The van der Waals surface area contributed by atoms with Crippen molar-refractivity contribution in [2.75, 3.05) is 20.3 Å². The molecule has 2 aliphatic rings. The van der Waals surface area contributed by atoms with Crippen molar-refractivity contribution in [2.24, 2.45) is 5.92 Å². The third-order valence-corrected chi connectivity index (χ3v) is 3.36. The van der Waals surface area contributed by atoms with Crippen LogP contribution >= 0.6 is 0 Å². The van der Waals surface area contributed by atoms with Gasteiger partial charge in [-0.25, -0.2) is 9.78 Å². The number of hydrogen-bond acceptors (Lipinski definition) is 6. The summed E-state index contributed by atoms with van der Waals surface area (Å²) in [5.74, 6) is -1.71. The van der Waals surface area contributed by atoms with E-state index in [4.69, 9.17) is 19.6 Å². The van der Waals surface area contributed by atoms with Crippen molar-refractivity contribution in [3.05, 3.63) is 0 Å². The van der Waals surface area contributed by atoms with Crippen LogP contribution in [0.2, 0.25) is 0 Å². The highest BCUT2D eigenvalue weighted by Gasteiger charge is 2.39. The molecule has 1 saturated heterocycles. The van der Waals surface area contributed by atoms with Crippen molar-refractivity contribution < 1.29 is 29.1 Å². The zero-order valence-corrected chi connectivity index (χ0v) is 10.7. The first-order valence-electron chi connectivity index (χ1n) is 6.45. The number of ether oxygens (including phenoxy) is 1. The average Bonchev–Trinajstić information content (AvgIpc) is 2.59. The molecule has 1 aliphatic carbocycles. The molecule has 6 heteroatoms. The largest absolute Gasteiger partial charge is 0.469 e. The molecule has 0 radical (unpaired) electrons. The summed E-state index contributed by atoms with van der Waals surface area (Å²) < 4.78 is 4.63. The normalized spacial score (nSPS) is 26.1. The molecule has 0 bridgehead atoms. The summed E-state index contributed by atoms with van der Waals surface area (Å²) in [6, 6.07) is 0. The van der Waals surface area contributed by atoms with Gasteiger partial charge in [0.1, 0.15) is 5.92 Å². The summed E-state index contributed by atoms with van der Waals surface area (Å²) in [4.78, 5) is 32.4. The SMILES string of the molecule is COC(=O)C1COOC2(CCCCCC2)OOC1. The Hall–Kier alpha value is -0.690. The fourth-order valence-corrected chi connectivity index (χ4v) is 2.25. The van der Waals surface area contributed by atoms with E-state index in [1.54, 1.807) is 0 Å². The fourth-order valence-electron chi connectivity index (χ4n) is 2.25. The van der Waals surface area contributed by atoms with E-state index in [0.29, 0.717) is 0 Å². The van der Waals surface area contributed by atoms with Crippen LogP contribution in [-0.2, 0) is 29.1 Å². The third kappa shape index (κ3) is 3.41. The summed E-state index contributed by atoms with van der Waals surface area (Å²) in [5, 5.41) is 0. The molecule has 6 nitrogen and oxygen atoms in total. The Balaban J connectivity index is 1.90. The van der Waals surface area contributed by atoms with Gasteiger partial charge in [-0.2, -0.15) is 9.78 Å². The lowest BCUT2D eigenvalue weighted by Gasteiger charge is -2.32. The highest BCUT2D eigenvalue weighted by atomic mass is 17.3. The number of carbonyl (C=O) groups is 1. The standard InChI is InChI=1S/C12H20O6/c1-14-11(13)10-8-15-17-12(18-16-9-10)6-4-2-3-5-7-12/h10H,2-9H2,1H3. The second-order valence-electron chi connectivity index (χ2n) is 4.78. The smallest absolute Gasteiger partial charge is 0.313 e. The van der Waals surface area contributed by atoms with Gasteiger partial charge in [0.15, 0.2) is 0 Å². The summed E-state index contributed by atoms with van der Waals surface area (Å²) >= 11 is 0. The first-order chi connectivity index (χ1) is 8.76. The van der Waals surface area contributed by atoms with E-state index in [2.05, 4.69) is 4.74 Å². The zero-order valence-electron chi connectivity index (χ0n) is 10.7. The minimum Gasteiger partial charge on any atom is -0.469 e. The molecule has 0 aromatic heterocycles. The van der Waals surface area contributed by atoms with Crippen LogP contribution in [0.4, 0.5) is 0 Å². The fraction of sp³-hybridized carbons (Fsp3) is 0.917. The third-order valence-electron chi connectivity index (χ3n) is 3.36. The highest BCUT2D eigenvalue weighted by molar-refractivity contribution is 5.72. The van der Waals surface area contributed by atoms with Gasteiger partial charge in [-0.3, -0.25) is 4.79 Å². The molecule has 0 aromatic carbocycles. The molecule has 0 amide bonds. The van der Waals surface area contributed by atoms with Crippen LogP contribution in [0.1, 0.15) is 38.5 Å². The van der Waals surface area contributed by atoms with Crippen molar-refractivity contribution in [2.45, 2.75) is 44.3 Å². The molecule has 18 heavy (non-hydrogen) atoms. The quantitative estimate of drug-likeness (QED) is 0.528. The van der Waals surface area contributed by atoms with Gasteiger partial charge >= 0.3 is 5.97 Å². The lowest BCUT2D eigenvalue weighted by atomic mass is 10.1. The van der Waals surface area contributed by atoms with Gasteiger partial charge in [-0.1, -0.05) is 12.8 Å². The van der Waals surface area contributed by atoms with E-state index in [9.17, 15) is 4.79 Å². The summed E-state index contributed by atoms with van der Waals surface area (Å²) in [6.07, 6.45) is 5.87. The van der Waals surface area contributed by atoms with Crippen LogP contribution in [0.15, 0.2) is 0 Å². The van der Waals surface area contributed by atoms with Crippen molar-refractivity contribution >= 4 is 5.97 Å².